The average Bonchev–Trinajstić information content (AvgIpc) is 3.99. The number of benzene rings is 2. The molecule has 1 saturated heterocycles. The van der Waals surface area contributed by atoms with Gasteiger partial charge in [-0.3, -0.25) is 24.1 Å². The Morgan fingerprint density at radius 3 is 2.15 bits per heavy atom. The maximum absolute atomic E-state index is 14.7. The molecule has 1 aliphatic rings. The summed E-state index contributed by atoms with van der Waals surface area (Å²) < 4.78 is 12.2. The van der Waals surface area contributed by atoms with Crippen LogP contribution < -0.4 is 16.0 Å². The molecule has 0 bridgehead atoms. The fraction of sp³-hybridized carbons (Fsp3) is 0.627. The molecule has 1 aliphatic heterocycles. The molecule has 0 unspecified atom stereocenters. The molecule has 1 fully saturated rings. The highest BCUT2D eigenvalue weighted by Crippen LogP contribution is 2.31. The first-order valence-corrected chi connectivity index (χ1v) is 24.5. The molecular weight excluding hydrogens is 839 g/mol. The number of hydrogen-bond donors (Lipinski definition) is 3. The van der Waals surface area contributed by atoms with Crippen LogP contribution in [0.5, 0.6) is 0 Å². The summed E-state index contributed by atoms with van der Waals surface area (Å²) in [5.74, 6) is -1.56. The molecule has 9 atom stereocenters. The van der Waals surface area contributed by atoms with Gasteiger partial charge < -0.3 is 35.2 Å². The number of likely N-dealkylation sites (tertiary alicyclic amines) is 1. The number of nitrogens with zero attached hydrogens (tertiary/aromatic N) is 4. The first-order chi connectivity index (χ1) is 30.9. The lowest BCUT2D eigenvalue weighted by Gasteiger charge is -2.41. The second kappa shape index (κ2) is 25.5. The predicted molar refractivity (Wildman–Crippen MR) is 261 cm³/mol. The van der Waals surface area contributed by atoms with Gasteiger partial charge in [0.2, 0.25) is 23.6 Å². The van der Waals surface area contributed by atoms with Crippen molar-refractivity contribution < 1.29 is 28.7 Å². The van der Waals surface area contributed by atoms with Gasteiger partial charge in [-0.15, -0.1) is 11.3 Å². The maximum Gasteiger partial charge on any atom is 0.245 e. The Morgan fingerprint density at radius 1 is 0.877 bits per heavy atom. The van der Waals surface area contributed by atoms with Crippen LogP contribution in [-0.2, 0) is 41.6 Å². The monoisotopic (exact) mass is 918 g/mol. The largest absolute Gasteiger partial charge is 0.383 e. The van der Waals surface area contributed by atoms with Crippen molar-refractivity contribution in [2.45, 2.75) is 149 Å². The lowest BCUT2D eigenvalue weighted by molar-refractivity contribution is -0.148. The molecule has 3 N–H and O–H groups in total. The number of likely N-dealkylation sites (N-methyl/N-ethyl adjacent to an activating group) is 2. The summed E-state index contributed by atoms with van der Waals surface area (Å²) >= 11 is 1.51. The van der Waals surface area contributed by atoms with E-state index < -0.39 is 36.3 Å². The number of carbonyl (C=O) groups excluding carboxylic acids is 4. The fourth-order valence-electron chi connectivity index (χ4n) is 9.53. The van der Waals surface area contributed by atoms with E-state index in [9.17, 15) is 19.2 Å². The van der Waals surface area contributed by atoms with Crippen LogP contribution in [0.25, 0.3) is 0 Å². The smallest absolute Gasteiger partial charge is 0.245 e. The van der Waals surface area contributed by atoms with E-state index in [0.717, 1.165) is 34.7 Å². The van der Waals surface area contributed by atoms with Crippen LogP contribution in [0.3, 0.4) is 0 Å². The summed E-state index contributed by atoms with van der Waals surface area (Å²) in [6.45, 7) is 19.2. The van der Waals surface area contributed by atoms with E-state index in [-0.39, 0.29) is 59.9 Å². The zero-order chi connectivity index (χ0) is 48.0. The molecule has 13 nitrogen and oxygen atoms in total. The van der Waals surface area contributed by atoms with Crippen LogP contribution in [0.4, 0.5) is 5.69 Å². The number of anilines is 1. The summed E-state index contributed by atoms with van der Waals surface area (Å²) in [6.07, 6.45) is 3.39. The van der Waals surface area contributed by atoms with Gasteiger partial charge in [-0.25, -0.2) is 4.98 Å². The molecule has 1 aromatic heterocycles. The number of nitrogens with one attached hydrogen (secondary N) is 3. The zero-order valence-corrected chi connectivity index (χ0v) is 42.2. The number of carbonyl (C=O) groups is 4. The number of aromatic nitrogens is 1. The minimum Gasteiger partial charge on any atom is -0.383 e. The van der Waals surface area contributed by atoms with E-state index in [2.05, 4.69) is 60.8 Å². The molecule has 2 heterocycles. The summed E-state index contributed by atoms with van der Waals surface area (Å²) in [5.41, 5.74) is 3.20. The van der Waals surface area contributed by atoms with E-state index in [1.54, 1.807) is 32.4 Å². The van der Waals surface area contributed by atoms with Crippen molar-refractivity contribution >= 4 is 40.7 Å². The minimum absolute atomic E-state index is 0.0288. The highest BCUT2D eigenvalue weighted by Gasteiger charge is 2.43. The molecule has 0 radical (unpaired) electrons. The highest BCUT2D eigenvalue weighted by atomic mass is 32.1. The van der Waals surface area contributed by atoms with Crippen molar-refractivity contribution in [3.8, 4) is 0 Å². The lowest BCUT2D eigenvalue weighted by atomic mass is 9.89. The van der Waals surface area contributed by atoms with Gasteiger partial charge in [0, 0.05) is 57.7 Å². The van der Waals surface area contributed by atoms with Crippen molar-refractivity contribution in [3.05, 3.63) is 82.3 Å². The Labute approximate surface area is 393 Å². The summed E-state index contributed by atoms with van der Waals surface area (Å²) in [7, 11) is 6.90. The Balaban J connectivity index is 1.48. The quantitative estimate of drug-likeness (QED) is 0.0784. The second-order valence-electron chi connectivity index (χ2n) is 19.0. The molecule has 4 rings (SSSR count). The van der Waals surface area contributed by atoms with Crippen molar-refractivity contribution in [2.24, 2.45) is 23.7 Å². The Kier molecular flexibility index (Phi) is 20.9. The lowest BCUT2D eigenvalue weighted by Crippen LogP contribution is -2.60. The van der Waals surface area contributed by atoms with Crippen LogP contribution in [0.2, 0.25) is 0 Å². The van der Waals surface area contributed by atoms with E-state index in [1.165, 1.54) is 11.3 Å². The Hall–Kier alpha value is -4.37. The van der Waals surface area contributed by atoms with Crippen LogP contribution in [0.1, 0.15) is 110 Å². The molecule has 0 aliphatic carbocycles. The van der Waals surface area contributed by atoms with Crippen LogP contribution >= 0.6 is 11.3 Å². The standard InChI is InChI=1S/C51H79N7O6S/c1-14-35(8)46(57(11)51(62)44(32(2)3)55-49(61)45(33(4)5)56(10)31-38-22-18-23-39(28-38)53-34(6)7)42(63-12)30-43(59)58-26-19-24-41(58)47(64-13)36(9)48(60)54-40(50-52-25-27-65-50)29-37-20-16-15-17-21-37/h15-18,20-23,25,27-28,32-36,40-42,44-47,53H,14,19,24,26,29-31H2,1-13H3,(H,54,60)(H,55,61)/t35-,36+,40-,41-,42+,44-,45-,46-,47+/m0/s1. The summed E-state index contributed by atoms with van der Waals surface area (Å²) in [6, 6.07) is 16.2. The number of hydrogen-bond acceptors (Lipinski definition) is 10. The molecular formula is C51H79N7O6S. The van der Waals surface area contributed by atoms with Crippen molar-refractivity contribution in [1.82, 2.24) is 30.3 Å². The molecule has 14 heteroatoms. The fourth-order valence-corrected chi connectivity index (χ4v) is 10.2. The number of ether oxygens (including phenoxy) is 2. The third kappa shape index (κ3) is 14.6. The van der Waals surface area contributed by atoms with Gasteiger partial charge in [0.25, 0.3) is 0 Å². The van der Waals surface area contributed by atoms with E-state index >= 15 is 0 Å². The number of rotatable bonds is 25. The van der Waals surface area contributed by atoms with Crippen LogP contribution in [0.15, 0.2) is 66.2 Å². The van der Waals surface area contributed by atoms with Crippen molar-refractivity contribution in [2.75, 3.05) is 40.2 Å². The minimum atomic E-state index is -0.804. The van der Waals surface area contributed by atoms with E-state index in [1.807, 2.05) is 99.3 Å². The normalized spacial score (nSPS) is 17.9. The Morgan fingerprint density at radius 2 is 1.57 bits per heavy atom. The third-order valence-corrected chi connectivity index (χ3v) is 13.9. The van der Waals surface area contributed by atoms with Crippen LogP contribution in [0, 0.1) is 23.7 Å². The van der Waals surface area contributed by atoms with Gasteiger partial charge in [-0.1, -0.05) is 97.4 Å². The summed E-state index contributed by atoms with van der Waals surface area (Å²) in [5, 5.41) is 12.6. The van der Waals surface area contributed by atoms with Gasteiger partial charge in [0.1, 0.15) is 11.0 Å². The SMILES string of the molecule is CC[C@H](C)[C@@H]([C@@H](CC(=O)N1CCC[C@H]1[C@H](OC)[C@@H](C)C(=O)N[C@@H](Cc1ccccc1)c1nccs1)OC)N(C)C(=O)[C@@H](NC(=O)[C@H](C(C)C)N(C)Cc1cccc(NC(C)C)c1)C(C)C. The first kappa shape index (κ1) is 53.2. The first-order valence-electron chi connectivity index (χ1n) is 23.6. The molecule has 360 valence electrons. The predicted octanol–water partition coefficient (Wildman–Crippen LogP) is 7.58. The molecule has 3 aromatic rings. The molecule has 2 aromatic carbocycles. The number of methoxy groups -OCH3 is 2. The molecule has 0 spiro atoms. The summed E-state index contributed by atoms with van der Waals surface area (Å²) in [4.78, 5) is 67.5. The average molecular weight is 918 g/mol. The second-order valence-corrected chi connectivity index (χ2v) is 20.0. The molecule has 0 saturated carbocycles. The van der Waals surface area contributed by atoms with Crippen molar-refractivity contribution in [3.63, 3.8) is 0 Å². The van der Waals surface area contributed by atoms with Gasteiger partial charge in [-0.05, 0) is 81.2 Å². The van der Waals surface area contributed by atoms with Gasteiger partial charge >= 0.3 is 0 Å². The zero-order valence-electron chi connectivity index (χ0n) is 41.4. The number of amides is 4. The van der Waals surface area contributed by atoms with Crippen molar-refractivity contribution in [1.29, 1.82) is 0 Å². The number of thiazole rings is 1. The van der Waals surface area contributed by atoms with Crippen LogP contribution in [-0.4, -0.2) is 121 Å². The maximum atomic E-state index is 14.7. The van der Waals surface area contributed by atoms with Gasteiger partial charge in [0.05, 0.1) is 48.7 Å². The Bertz CT molecular complexity index is 1930. The van der Waals surface area contributed by atoms with E-state index in [4.69, 9.17) is 9.47 Å². The molecule has 4 amide bonds. The third-order valence-electron chi connectivity index (χ3n) is 13.0. The highest BCUT2D eigenvalue weighted by molar-refractivity contribution is 7.09. The van der Waals surface area contributed by atoms with E-state index in [0.29, 0.717) is 32.0 Å². The van der Waals surface area contributed by atoms with Gasteiger partial charge in [0.15, 0.2) is 0 Å². The molecule has 65 heavy (non-hydrogen) atoms. The topological polar surface area (TPSA) is 145 Å². The van der Waals surface area contributed by atoms with Gasteiger partial charge in [-0.2, -0.15) is 0 Å².